The average Bonchev–Trinajstić information content (AvgIpc) is 2.92. The van der Waals surface area contributed by atoms with Crippen LogP contribution in [0.5, 0.6) is 5.75 Å². The molecular weight excluding hydrogens is 337 g/mol. The van der Waals surface area contributed by atoms with Crippen molar-refractivity contribution in [1.82, 2.24) is 14.8 Å². The Kier molecular flexibility index (Phi) is 4.45. The Hall–Kier alpha value is -2.18. The molecule has 1 aromatic heterocycles. The quantitative estimate of drug-likeness (QED) is 0.713. The normalized spacial score (nSPS) is 10.7. The summed E-state index contributed by atoms with van der Waals surface area (Å²) in [4.78, 5) is 0. The summed E-state index contributed by atoms with van der Waals surface area (Å²) >= 11 is 11.4. The molecule has 2 aromatic carbocycles. The molecule has 0 bridgehead atoms. The molecule has 0 amide bonds. The van der Waals surface area contributed by atoms with Crippen LogP contribution >= 0.6 is 23.8 Å². The second kappa shape index (κ2) is 6.52. The fourth-order valence-electron chi connectivity index (χ4n) is 2.32. The fraction of sp³-hybridized carbons (Fsp3) is 0.125. The number of benzene rings is 2. The third-order valence-corrected chi connectivity index (χ3v) is 4.08. The van der Waals surface area contributed by atoms with Crippen molar-refractivity contribution < 1.29 is 9.13 Å². The third kappa shape index (κ3) is 3.13. The molecule has 0 aliphatic heterocycles. The largest absolute Gasteiger partial charge is 0.497 e. The van der Waals surface area contributed by atoms with E-state index < -0.39 is 0 Å². The molecule has 7 heteroatoms. The van der Waals surface area contributed by atoms with Gasteiger partial charge < -0.3 is 4.74 Å². The lowest BCUT2D eigenvalue weighted by molar-refractivity contribution is 0.414. The Morgan fingerprint density at radius 1 is 1.30 bits per heavy atom. The molecule has 118 valence electrons. The van der Waals surface area contributed by atoms with Crippen molar-refractivity contribution in [3.63, 3.8) is 0 Å². The van der Waals surface area contributed by atoms with Crippen LogP contribution < -0.4 is 4.74 Å². The van der Waals surface area contributed by atoms with Gasteiger partial charge in [-0.2, -0.15) is 5.10 Å². The number of hydrogen-bond acceptors (Lipinski definition) is 3. The Morgan fingerprint density at radius 3 is 2.83 bits per heavy atom. The molecule has 1 N–H and O–H groups in total. The highest BCUT2D eigenvalue weighted by Crippen LogP contribution is 2.24. The maximum Gasteiger partial charge on any atom is 0.199 e. The Morgan fingerprint density at radius 2 is 2.09 bits per heavy atom. The van der Waals surface area contributed by atoms with E-state index in [0.717, 1.165) is 5.69 Å². The van der Waals surface area contributed by atoms with Crippen molar-refractivity contribution >= 4 is 23.8 Å². The number of methoxy groups -OCH3 is 1. The minimum absolute atomic E-state index is 0.218. The van der Waals surface area contributed by atoms with Crippen LogP contribution in [0.15, 0.2) is 42.5 Å². The zero-order valence-electron chi connectivity index (χ0n) is 12.2. The number of ether oxygens (including phenoxy) is 1. The van der Waals surface area contributed by atoms with Crippen molar-refractivity contribution in [2.24, 2.45) is 0 Å². The first-order valence-electron chi connectivity index (χ1n) is 6.83. The molecule has 0 radical (unpaired) electrons. The topological polar surface area (TPSA) is 42.8 Å². The van der Waals surface area contributed by atoms with Crippen molar-refractivity contribution in [3.8, 4) is 11.4 Å². The van der Waals surface area contributed by atoms with Crippen LogP contribution in [0.4, 0.5) is 4.39 Å². The van der Waals surface area contributed by atoms with Crippen LogP contribution in [-0.2, 0) is 6.42 Å². The zero-order chi connectivity index (χ0) is 16.4. The van der Waals surface area contributed by atoms with E-state index in [4.69, 9.17) is 28.6 Å². The van der Waals surface area contributed by atoms with Gasteiger partial charge in [0.25, 0.3) is 0 Å². The van der Waals surface area contributed by atoms with Crippen molar-refractivity contribution in [2.75, 3.05) is 7.11 Å². The lowest BCUT2D eigenvalue weighted by atomic mass is 10.1. The number of aromatic nitrogens is 3. The maximum absolute atomic E-state index is 14.0. The summed E-state index contributed by atoms with van der Waals surface area (Å²) in [7, 11) is 1.59. The van der Waals surface area contributed by atoms with Gasteiger partial charge in [-0.05, 0) is 36.5 Å². The van der Waals surface area contributed by atoms with Crippen molar-refractivity contribution in [3.05, 3.63) is 69.5 Å². The standard InChI is InChI=1S/C16H13ClFN3OS/c1-22-11-5-2-4-10(8-11)21-15(19-20-16(21)23)9-12-13(17)6-3-7-14(12)18/h2-8H,9H2,1H3,(H,20,23). The van der Waals surface area contributed by atoms with Gasteiger partial charge in [0.05, 0.1) is 12.8 Å². The molecule has 0 unspecified atom stereocenters. The Bertz CT molecular complexity index is 886. The maximum atomic E-state index is 14.0. The van der Waals surface area contributed by atoms with Gasteiger partial charge in [-0.1, -0.05) is 23.7 Å². The fourth-order valence-corrected chi connectivity index (χ4v) is 2.81. The van der Waals surface area contributed by atoms with E-state index in [1.165, 1.54) is 6.07 Å². The summed E-state index contributed by atoms with van der Waals surface area (Å²) in [6.45, 7) is 0. The number of nitrogens with one attached hydrogen (secondary N) is 1. The van der Waals surface area contributed by atoms with E-state index >= 15 is 0 Å². The predicted molar refractivity (Wildman–Crippen MR) is 89.5 cm³/mol. The first-order valence-corrected chi connectivity index (χ1v) is 7.62. The number of hydrogen-bond donors (Lipinski definition) is 1. The molecule has 0 saturated heterocycles. The predicted octanol–water partition coefficient (Wildman–Crippen LogP) is 4.32. The zero-order valence-corrected chi connectivity index (χ0v) is 13.8. The van der Waals surface area contributed by atoms with E-state index in [1.807, 2.05) is 24.3 Å². The van der Waals surface area contributed by atoms with Gasteiger partial charge >= 0.3 is 0 Å². The molecular formula is C16H13ClFN3OS. The van der Waals surface area contributed by atoms with Gasteiger partial charge in [0.2, 0.25) is 0 Å². The van der Waals surface area contributed by atoms with Crippen LogP contribution in [0.1, 0.15) is 11.4 Å². The lowest BCUT2D eigenvalue weighted by Crippen LogP contribution is -2.04. The molecule has 0 fully saturated rings. The molecule has 0 saturated carbocycles. The highest BCUT2D eigenvalue weighted by atomic mass is 35.5. The molecule has 0 aliphatic rings. The van der Waals surface area contributed by atoms with E-state index in [2.05, 4.69) is 10.2 Å². The molecule has 3 aromatic rings. The van der Waals surface area contributed by atoms with Crippen molar-refractivity contribution in [1.29, 1.82) is 0 Å². The number of rotatable bonds is 4. The second-order valence-corrected chi connectivity index (χ2v) is 5.65. The van der Waals surface area contributed by atoms with Gasteiger partial charge in [-0.25, -0.2) is 4.39 Å². The smallest absolute Gasteiger partial charge is 0.199 e. The minimum Gasteiger partial charge on any atom is -0.497 e. The lowest BCUT2D eigenvalue weighted by Gasteiger charge is -2.10. The van der Waals surface area contributed by atoms with Gasteiger partial charge in [0, 0.05) is 23.1 Å². The number of nitrogens with zero attached hydrogens (tertiary/aromatic N) is 2. The third-order valence-electron chi connectivity index (χ3n) is 3.45. The van der Waals surface area contributed by atoms with Gasteiger partial charge in [-0.3, -0.25) is 9.67 Å². The van der Waals surface area contributed by atoms with E-state index in [0.29, 0.717) is 26.9 Å². The van der Waals surface area contributed by atoms with Crippen LogP contribution in [0.3, 0.4) is 0 Å². The highest BCUT2D eigenvalue weighted by molar-refractivity contribution is 7.71. The van der Waals surface area contributed by atoms with Gasteiger partial charge in [0.1, 0.15) is 17.4 Å². The molecule has 0 atom stereocenters. The van der Waals surface area contributed by atoms with Crippen LogP contribution in [0.2, 0.25) is 5.02 Å². The van der Waals surface area contributed by atoms with E-state index in [9.17, 15) is 4.39 Å². The van der Waals surface area contributed by atoms with Gasteiger partial charge in [0.15, 0.2) is 4.77 Å². The average molecular weight is 350 g/mol. The van der Waals surface area contributed by atoms with Gasteiger partial charge in [-0.15, -0.1) is 0 Å². The summed E-state index contributed by atoms with van der Waals surface area (Å²) in [5.41, 5.74) is 1.16. The SMILES string of the molecule is COc1cccc(-n2c(Cc3c(F)cccc3Cl)n[nH]c2=S)c1. The summed E-state index contributed by atoms with van der Waals surface area (Å²) in [5.74, 6) is 0.888. The summed E-state index contributed by atoms with van der Waals surface area (Å²) in [5, 5.41) is 7.30. The summed E-state index contributed by atoms with van der Waals surface area (Å²) in [6, 6.07) is 12.0. The van der Waals surface area contributed by atoms with Crippen LogP contribution in [0, 0.1) is 10.6 Å². The molecule has 23 heavy (non-hydrogen) atoms. The number of H-pyrrole nitrogens is 1. The molecule has 1 heterocycles. The highest BCUT2D eigenvalue weighted by Gasteiger charge is 2.14. The Balaban J connectivity index is 2.07. The Labute approximate surface area is 142 Å². The van der Waals surface area contributed by atoms with E-state index in [-0.39, 0.29) is 12.2 Å². The molecule has 4 nitrogen and oxygen atoms in total. The molecule has 0 aliphatic carbocycles. The molecule has 0 spiro atoms. The second-order valence-electron chi connectivity index (χ2n) is 4.86. The first-order chi connectivity index (χ1) is 11.1. The monoisotopic (exact) mass is 349 g/mol. The number of aromatic amines is 1. The summed E-state index contributed by atoms with van der Waals surface area (Å²) in [6.07, 6.45) is 0.218. The van der Waals surface area contributed by atoms with Crippen molar-refractivity contribution in [2.45, 2.75) is 6.42 Å². The minimum atomic E-state index is -0.372. The number of halogens is 2. The first kappa shape index (κ1) is 15.7. The molecule has 3 rings (SSSR count). The van der Waals surface area contributed by atoms with Crippen LogP contribution in [-0.4, -0.2) is 21.9 Å². The van der Waals surface area contributed by atoms with E-state index in [1.54, 1.807) is 23.8 Å². The van der Waals surface area contributed by atoms with Crippen LogP contribution in [0.25, 0.3) is 5.69 Å². The summed E-state index contributed by atoms with van der Waals surface area (Å²) < 4.78 is 21.4.